The van der Waals surface area contributed by atoms with Gasteiger partial charge < -0.3 is 9.73 Å². The Hall–Kier alpha value is -1.85. The lowest BCUT2D eigenvalue weighted by Gasteiger charge is -2.31. The molecule has 0 unspecified atom stereocenters. The molecule has 2 aromatic rings. The average molecular weight is 359 g/mol. The van der Waals surface area contributed by atoms with Gasteiger partial charge >= 0.3 is 0 Å². The molecule has 1 amide bonds. The van der Waals surface area contributed by atoms with Crippen LogP contribution in [0.2, 0.25) is 0 Å². The van der Waals surface area contributed by atoms with Gasteiger partial charge in [-0.1, -0.05) is 6.07 Å². The molecule has 1 N–H and O–H groups in total. The fraction of sp³-hybridized carbons (Fsp3) is 0.450. The number of piperidine rings is 1. The Kier molecular flexibility index (Phi) is 6.10. The largest absolute Gasteiger partial charge is 0.466 e. The fourth-order valence-corrected chi connectivity index (χ4v) is 3.90. The van der Waals surface area contributed by atoms with Crippen molar-refractivity contribution in [2.24, 2.45) is 5.92 Å². The van der Waals surface area contributed by atoms with Crippen molar-refractivity contribution in [3.8, 4) is 0 Å². The highest BCUT2D eigenvalue weighted by Gasteiger charge is 2.20. The van der Waals surface area contributed by atoms with Crippen LogP contribution in [0.1, 0.15) is 34.8 Å². The fourth-order valence-electron chi connectivity index (χ4n) is 3.28. The summed E-state index contributed by atoms with van der Waals surface area (Å²) in [4.78, 5) is 15.5. The van der Waals surface area contributed by atoms with Gasteiger partial charge in [0.1, 0.15) is 11.5 Å². The normalized spacial score (nSPS) is 16.6. The van der Waals surface area contributed by atoms with Crippen LogP contribution in [0.15, 0.2) is 34.1 Å². The summed E-state index contributed by atoms with van der Waals surface area (Å²) in [7, 11) is 0. The summed E-state index contributed by atoms with van der Waals surface area (Å²) in [5.74, 6) is 2.59. The van der Waals surface area contributed by atoms with Crippen LogP contribution >= 0.6 is 11.3 Å². The molecule has 3 heterocycles. The number of thiophene rings is 1. The summed E-state index contributed by atoms with van der Waals surface area (Å²) in [5.41, 5.74) is 1.29. The van der Waals surface area contributed by atoms with Crippen molar-refractivity contribution in [3.05, 3.63) is 51.6 Å². The second kappa shape index (κ2) is 8.50. The second-order valence-electron chi connectivity index (χ2n) is 6.75. The number of aryl methyl sites for hydroxylation is 2. The van der Waals surface area contributed by atoms with Gasteiger partial charge in [-0.2, -0.15) is 0 Å². The number of likely N-dealkylation sites (tertiary alicyclic amines) is 1. The first-order valence-corrected chi connectivity index (χ1v) is 9.76. The summed E-state index contributed by atoms with van der Waals surface area (Å²) in [6.07, 6.45) is 5.76. The first-order valence-electron chi connectivity index (χ1n) is 8.88. The molecule has 1 aliphatic rings. The number of furan rings is 1. The maximum Gasteiger partial charge on any atom is 0.244 e. The number of carbonyl (C=O) groups excluding carboxylic acids is 1. The Morgan fingerprint density at radius 2 is 2.20 bits per heavy atom. The van der Waals surface area contributed by atoms with Gasteiger partial charge in [0, 0.05) is 29.6 Å². The quantitative estimate of drug-likeness (QED) is 0.794. The van der Waals surface area contributed by atoms with Gasteiger partial charge in [0.25, 0.3) is 0 Å². The van der Waals surface area contributed by atoms with Gasteiger partial charge in [-0.15, -0.1) is 11.3 Å². The molecular weight excluding hydrogens is 332 g/mol. The zero-order chi connectivity index (χ0) is 17.6. The molecule has 0 bridgehead atoms. The van der Waals surface area contributed by atoms with Gasteiger partial charge in [-0.3, -0.25) is 9.69 Å². The van der Waals surface area contributed by atoms with Crippen LogP contribution < -0.4 is 5.32 Å². The topological polar surface area (TPSA) is 45.5 Å². The minimum Gasteiger partial charge on any atom is -0.466 e. The third kappa shape index (κ3) is 5.31. The molecule has 5 heteroatoms. The predicted octanol–water partition coefficient (Wildman–Crippen LogP) is 4.00. The van der Waals surface area contributed by atoms with Crippen LogP contribution in [0.3, 0.4) is 0 Å². The van der Waals surface area contributed by atoms with Crippen LogP contribution in [0.4, 0.5) is 0 Å². The van der Waals surface area contributed by atoms with E-state index < -0.39 is 0 Å². The number of hydrogen-bond donors (Lipinski definition) is 1. The smallest absolute Gasteiger partial charge is 0.244 e. The van der Waals surface area contributed by atoms with Crippen molar-refractivity contribution in [1.82, 2.24) is 10.2 Å². The van der Waals surface area contributed by atoms with Gasteiger partial charge in [0.2, 0.25) is 5.91 Å². The molecule has 1 fully saturated rings. The third-order valence-corrected chi connectivity index (χ3v) is 5.59. The summed E-state index contributed by atoms with van der Waals surface area (Å²) >= 11 is 1.64. The Labute approximate surface area is 153 Å². The van der Waals surface area contributed by atoms with Crippen molar-refractivity contribution >= 4 is 23.3 Å². The highest BCUT2D eigenvalue weighted by atomic mass is 32.1. The van der Waals surface area contributed by atoms with E-state index in [9.17, 15) is 4.79 Å². The van der Waals surface area contributed by atoms with Gasteiger partial charge in [0.05, 0.1) is 0 Å². The highest BCUT2D eigenvalue weighted by molar-refractivity contribution is 7.10. The lowest BCUT2D eigenvalue weighted by molar-refractivity contribution is -0.116. The molecule has 0 aromatic carbocycles. The zero-order valence-corrected chi connectivity index (χ0v) is 15.8. The molecule has 4 nitrogen and oxygen atoms in total. The van der Waals surface area contributed by atoms with Gasteiger partial charge in [0.15, 0.2) is 0 Å². The Morgan fingerprint density at radius 3 is 2.84 bits per heavy atom. The minimum atomic E-state index is 0.000303. The molecule has 0 spiro atoms. The molecule has 2 aromatic heterocycles. The standard InChI is InChI=1S/C20H26N2O2S/c1-15-12-18(16(2)24-15)14-22-9-7-17(8-10-22)13-21-20(23)6-5-19-4-3-11-25-19/h3-6,11-12,17H,7-10,13-14H2,1-2H3,(H,21,23). The highest BCUT2D eigenvalue weighted by Crippen LogP contribution is 2.21. The first-order chi connectivity index (χ1) is 12.1. The predicted molar refractivity (Wildman–Crippen MR) is 103 cm³/mol. The SMILES string of the molecule is Cc1cc(CN2CCC(CNC(=O)C=Cc3cccs3)CC2)c(C)o1. The maximum atomic E-state index is 11.9. The number of nitrogens with zero attached hydrogens (tertiary/aromatic N) is 1. The van der Waals surface area contributed by atoms with E-state index in [-0.39, 0.29) is 5.91 Å². The number of nitrogens with one attached hydrogen (secondary N) is 1. The van der Waals surface area contributed by atoms with Crippen molar-refractivity contribution in [2.75, 3.05) is 19.6 Å². The second-order valence-corrected chi connectivity index (χ2v) is 7.73. The molecule has 1 aliphatic heterocycles. The molecule has 0 atom stereocenters. The monoisotopic (exact) mass is 358 g/mol. The maximum absolute atomic E-state index is 11.9. The average Bonchev–Trinajstić information content (AvgIpc) is 3.22. The van der Waals surface area contributed by atoms with Crippen molar-refractivity contribution in [2.45, 2.75) is 33.2 Å². The molecule has 1 saturated heterocycles. The number of carbonyl (C=O) groups is 1. The van der Waals surface area contributed by atoms with Crippen molar-refractivity contribution in [1.29, 1.82) is 0 Å². The van der Waals surface area contributed by atoms with Crippen LogP contribution in [0.5, 0.6) is 0 Å². The van der Waals surface area contributed by atoms with E-state index in [0.717, 1.165) is 55.4 Å². The summed E-state index contributed by atoms with van der Waals surface area (Å²) in [6.45, 7) is 7.92. The number of amides is 1. The van der Waals surface area contributed by atoms with E-state index in [1.165, 1.54) is 5.56 Å². The van der Waals surface area contributed by atoms with Crippen molar-refractivity contribution < 1.29 is 9.21 Å². The van der Waals surface area contributed by atoms with Crippen LogP contribution in [-0.4, -0.2) is 30.4 Å². The zero-order valence-electron chi connectivity index (χ0n) is 15.0. The van der Waals surface area contributed by atoms with Crippen LogP contribution in [0, 0.1) is 19.8 Å². The molecule has 3 rings (SSSR count). The van der Waals surface area contributed by atoms with E-state index in [1.807, 2.05) is 37.4 Å². The lowest BCUT2D eigenvalue weighted by atomic mass is 9.96. The van der Waals surface area contributed by atoms with Crippen LogP contribution in [0.25, 0.3) is 6.08 Å². The van der Waals surface area contributed by atoms with E-state index >= 15 is 0 Å². The van der Waals surface area contributed by atoms with E-state index in [0.29, 0.717) is 5.92 Å². The number of rotatable bonds is 6. The molecule has 134 valence electrons. The van der Waals surface area contributed by atoms with E-state index in [2.05, 4.69) is 16.3 Å². The van der Waals surface area contributed by atoms with Crippen molar-refractivity contribution in [3.63, 3.8) is 0 Å². The minimum absolute atomic E-state index is 0.000303. The Balaban J connectivity index is 1.37. The van der Waals surface area contributed by atoms with Gasteiger partial charge in [-0.25, -0.2) is 0 Å². The molecule has 25 heavy (non-hydrogen) atoms. The molecule has 0 saturated carbocycles. The third-order valence-electron chi connectivity index (χ3n) is 4.75. The molecular formula is C20H26N2O2S. The van der Waals surface area contributed by atoms with Crippen LogP contribution in [-0.2, 0) is 11.3 Å². The van der Waals surface area contributed by atoms with Gasteiger partial charge in [-0.05, 0) is 69.3 Å². The van der Waals surface area contributed by atoms with E-state index in [4.69, 9.17) is 4.42 Å². The molecule has 0 radical (unpaired) electrons. The summed E-state index contributed by atoms with van der Waals surface area (Å²) in [5, 5.41) is 5.05. The first kappa shape index (κ1) is 18.0. The summed E-state index contributed by atoms with van der Waals surface area (Å²) < 4.78 is 5.61. The lowest BCUT2D eigenvalue weighted by Crippen LogP contribution is -2.38. The Morgan fingerprint density at radius 1 is 1.40 bits per heavy atom. The molecule has 0 aliphatic carbocycles. The number of hydrogen-bond acceptors (Lipinski definition) is 4. The summed E-state index contributed by atoms with van der Waals surface area (Å²) in [6, 6.07) is 6.14. The van der Waals surface area contributed by atoms with E-state index in [1.54, 1.807) is 17.4 Å². The Bertz CT molecular complexity index is 710.